The lowest BCUT2D eigenvalue weighted by Gasteiger charge is -2.09. The molecule has 2 aromatic heterocycles. The number of hydrogen-bond donors (Lipinski definition) is 1. The number of hydrogen-bond acceptors (Lipinski definition) is 7. The van der Waals surface area contributed by atoms with E-state index in [-0.39, 0.29) is 12.5 Å². The second kappa shape index (κ2) is 9.33. The van der Waals surface area contributed by atoms with Crippen LogP contribution in [0.25, 0.3) is 21.5 Å². The SMILES string of the molecule is CCOC(=O)c1ccccc1NC(=O)c1cc2c(-c3ccc(OC)c(OC)c3)nn(C)c2s1. The second-order valence-corrected chi connectivity index (χ2v) is 8.12. The molecule has 0 saturated carbocycles. The minimum Gasteiger partial charge on any atom is -0.493 e. The molecule has 0 bridgehead atoms. The maximum Gasteiger partial charge on any atom is 0.340 e. The standard InChI is InChI=1S/C24H23N3O5S/c1-5-32-24(29)15-8-6-7-9-17(15)25-22(28)20-13-16-21(26-27(2)23(16)33-20)14-10-11-18(30-3)19(12-14)31-4/h6-13H,5H2,1-4H3,(H,25,28). The molecule has 9 heteroatoms. The summed E-state index contributed by atoms with van der Waals surface area (Å²) in [4.78, 5) is 26.6. The van der Waals surface area contributed by atoms with Crippen LogP contribution in [-0.2, 0) is 11.8 Å². The number of thiophene rings is 1. The van der Waals surface area contributed by atoms with E-state index in [9.17, 15) is 9.59 Å². The maximum absolute atomic E-state index is 13.0. The normalized spacial score (nSPS) is 10.8. The monoisotopic (exact) mass is 465 g/mol. The molecule has 0 aliphatic carbocycles. The zero-order valence-electron chi connectivity index (χ0n) is 18.7. The Balaban J connectivity index is 1.68. The average Bonchev–Trinajstić information content (AvgIpc) is 3.40. The highest BCUT2D eigenvalue weighted by atomic mass is 32.1. The van der Waals surface area contributed by atoms with E-state index in [1.54, 1.807) is 56.2 Å². The number of para-hydroxylation sites is 1. The number of aryl methyl sites for hydroxylation is 1. The lowest BCUT2D eigenvalue weighted by Crippen LogP contribution is -2.15. The molecule has 0 aliphatic heterocycles. The van der Waals surface area contributed by atoms with Gasteiger partial charge in [-0.1, -0.05) is 12.1 Å². The number of methoxy groups -OCH3 is 2. The van der Waals surface area contributed by atoms with Gasteiger partial charge in [0.1, 0.15) is 10.5 Å². The number of anilines is 1. The molecule has 0 spiro atoms. The van der Waals surface area contributed by atoms with Crippen molar-refractivity contribution in [3.8, 4) is 22.8 Å². The first-order valence-electron chi connectivity index (χ1n) is 10.2. The van der Waals surface area contributed by atoms with Gasteiger partial charge in [-0.05, 0) is 43.3 Å². The van der Waals surface area contributed by atoms with Gasteiger partial charge in [-0.3, -0.25) is 9.48 Å². The molecule has 1 amide bonds. The smallest absolute Gasteiger partial charge is 0.340 e. The van der Waals surface area contributed by atoms with Gasteiger partial charge < -0.3 is 19.5 Å². The lowest BCUT2D eigenvalue weighted by molar-refractivity contribution is 0.0527. The molecule has 0 unspecified atom stereocenters. The highest BCUT2D eigenvalue weighted by molar-refractivity contribution is 7.20. The molecule has 2 heterocycles. The van der Waals surface area contributed by atoms with Crippen molar-refractivity contribution >= 4 is 39.1 Å². The summed E-state index contributed by atoms with van der Waals surface area (Å²) in [5, 5.41) is 8.31. The Kier molecular flexibility index (Phi) is 6.32. The zero-order chi connectivity index (χ0) is 23.5. The van der Waals surface area contributed by atoms with Gasteiger partial charge in [0, 0.05) is 18.0 Å². The first-order chi connectivity index (χ1) is 16.0. The molecule has 8 nitrogen and oxygen atoms in total. The van der Waals surface area contributed by atoms with Crippen LogP contribution in [-0.4, -0.2) is 42.5 Å². The largest absolute Gasteiger partial charge is 0.493 e. The number of benzene rings is 2. The molecule has 2 aromatic carbocycles. The molecule has 170 valence electrons. The topological polar surface area (TPSA) is 91.7 Å². The molecule has 0 atom stereocenters. The fourth-order valence-electron chi connectivity index (χ4n) is 3.51. The summed E-state index contributed by atoms with van der Waals surface area (Å²) in [5.41, 5.74) is 2.28. The third kappa shape index (κ3) is 4.27. The van der Waals surface area contributed by atoms with E-state index in [2.05, 4.69) is 10.4 Å². The van der Waals surface area contributed by atoms with Gasteiger partial charge in [-0.15, -0.1) is 11.3 Å². The van der Waals surface area contributed by atoms with Gasteiger partial charge >= 0.3 is 5.97 Å². The molecule has 0 aliphatic rings. The molecular weight excluding hydrogens is 442 g/mol. The van der Waals surface area contributed by atoms with Crippen LogP contribution in [0.1, 0.15) is 27.0 Å². The summed E-state index contributed by atoms with van der Waals surface area (Å²) < 4.78 is 17.6. The number of nitrogens with zero attached hydrogens (tertiary/aromatic N) is 2. The van der Waals surface area contributed by atoms with E-state index in [0.29, 0.717) is 27.6 Å². The maximum atomic E-state index is 13.0. The van der Waals surface area contributed by atoms with Crippen LogP contribution in [0.3, 0.4) is 0 Å². The predicted molar refractivity (Wildman–Crippen MR) is 127 cm³/mol. The fourth-order valence-corrected chi connectivity index (χ4v) is 4.48. The van der Waals surface area contributed by atoms with Gasteiger partial charge in [0.2, 0.25) is 0 Å². The van der Waals surface area contributed by atoms with Crippen LogP contribution >= 0.6 is 11.3 Å². The molecule has 1 N–H and O–H groups in total. The van der Waals surface area contributed by atoms with Crippen molar-refractivity contribution in [2.24, 2.45) is 7.05 Å². The number of ether oxygens (including phenoxy) is 3. The quantitative estimate of drug-likeness (QED) is 0.396. The molecule has 4 rings (SSSR count). The Labute approximate surface area is 194 Å². The molecule has 0 radical (unpaired) electrons. The number of rotatable bonds is 7. The Morgan fingerprint density at radius 1 is 1.06 bits per heavy atom. The van der Waals surface area contributed by atoms with Crippen LogP contribution in [0.2, 0.25) is 0 Å². The molecule has 0 saturated heterocycles. The number of amides is 1. The molecule has 33 heavy (non-hydrogen) atoms. The third-order valence-corrected chi connectivity index (χ3v) is 6.26. The van der Waals surface area contributed by atoms with Crippen LogP contribution in [0.4, 0.5) is 5.69 Å². The second-order valence-electron chi connectivity index (χ2n) is 7.09. The summed E-state index contributed by atoms with van der Waals surface area (Å²) in [5.74, 6) is 0.424. The van der Waals surface area contributed by atoms with Crippen LogP contribution < -0.4 is 14.8 Å². The first-order valence-corrected chi connectivity index (χ1v) is 11.0. The fraction of sp³-hybridized carbons (Fsp3) is 0.208. The molecule has 4 aromatic rings. The van der Waals surface area contributed by atoms with Gasteiger partial charge in [-0.25, -0.2) is 4.79 Å². The van der Waals surface area contributed by atoms with Gasteiger partial charge in [0.05, 0.1) is 37.0 Å². The Hall–Kier alpha value is -3.85. The summed E-state index contributed by atoms with van der Waals surface area (Å²) >= 11 is 1.33. The highest BCUT2D eigenvalue weighted by Gasteiger charge is 2.21. The number of aromatic nitrogens is 2. The number of carbonyl (C=O) groups is 2. The van der Waals surface area contributed by atoms with Crippen LogP contribution in [0.5, 0.6) is 11.5 Å². The Morgan fingerprint density at radius 3 is 2.55 bits per heavy atom. The number of fused-ring (bicyclic) bond motifs is 1. The third-order valence-electron chi connectivity index (χ3n) is 5.06. The van der Waals surface area contributed by atoms with E-state index < -0.39 is 5.97 Å². The van der Waals surface area contributed by atoms with Crippen molar-refractivity contribution in [3.63, 3.8) is 0 Å². The minimum atomic E-state index is -0.482. The Bertz CT molecular complexity index is 1340. The molecular formula is C24H23N3O5S. The van der Waals surface area contributed by atoms with Crippen LogP contribution in [0, 0.1) is 0 Å². The summed E-state index contributed by atoms with van der Waals surface area (Å²) in [6.45, 7) is 1.99. The van der Waals surface area contributed by atoms with Crippen molar-refractivity contribution in [1.82, 2.24) is 9.78 Å². The van der Waals surface area contributed by atoms with E-state index >= 15 is 0 Å². The summed E-state index contributed by atoms with van der Waals surface area (Å²) in [6.07, 6.45) is 0. The van der Waals surface area contributed by atoms with E-state index in [0.717, 1.165) is 21.5 Å². The van der Waals surface area contributed by atoms with Gasteiger partial charge in [-0.2, -0.15) is 5.10 Å². The number of nitrogens with one attached hydrogen (secondary N) is 1. The van der Waals surface area contributed by atoms with Gasteiger partial charge in [0.25, 0.3) is 5.91 Å². The average molecular weight is 466 g/mol. The first kappa shape index (κ1) is 22.3. The predicted octanol–water partition coefficient (Wildman–Crippen LogP) is 4.75. The van der Waals surface area contributed by atoms with Crippen LogP contribution in [0.15, 0.2) is 48.5 Å². The van der Waals surface area contributed by atoms with Crippen molar-refractivity contribution < 1.29 is 23.8 Å². The van der Waals surface area contributed by atoms with E-state index in [1.807, 2.05) is 25.2 Å². The highest BCUT2D eigenvalue weighted by Crippen LogP contribution is 2.37. The van der Waals surface area contributed by atoms with Gasteiger partial charge in [0.15, 0.2) is 11.5 Å². The summed E-state index contributed by atoms with van der Waals surface area (Å²) in [7, 11) is 5.00. The number of esters is 1. The zero-order valence-corrected chi connectivity index (χ0v) is 19.5. The van der Waals surface area contributed by atoms with E-state index in [4.69, 9.17) is 14.2 Å². The van der Waals surface area contributed by atoms with Crippen molar-refractivity contribution in [2.45, 2.75) is 6.92 Å². The minimum absolute atomic E-state index is 0.253. The summed E-state index contributed by atoms with van der Waals surface area (Å²) in [6, 6.07) is 14.2. The lowest BCUT2D eigenvalue weighted by atomic mass is 10.1. The van der Waals surface area contributed by atoms with Crippen molar-refractivity contribution in [2.75, 3.05) is 26.1 Å². The molecule has 0 fully saturated rings. The van der Waals surface area contributed by atoms with Crippen molar-refractivity contribution in [3.05, 3.63) is 59.0 Å². The van der Waals surface area contributed by atoms with Crippen molar-refractivity contribution in [1.29, 1.82) is 0 Å². The Morgan fingerprint density at radius 2 is 1.82 bits per heavy atom. The number of carbonyl (C=O) groups excluding carboxylic acids is 2. The van der Waals surface area contributed by atoms with E-state index in [1.165, 1.54) is 11.3 Å².